The molecule has 70 heavy (non-hydrogen) atoms. The molecule has 0 N–H and O–H groups in total. The smallest absolute Gasteiger partial charge is 0.135 e. The Morgan fingerprint density at radius 3 is 1.40 bits per heavy atom. The summed E-state index contributed by atoms with van der Waals surface area (Å²) in [6.07, 6.45) is 0. The van der Waals surface area contributed by atoms with Crippen LogP contribution in [-0.4, -0.2) is 0 Å². The van der Waals surface area contributed by atoms with Crippen LogP contribution in [0.15, 0.2) is 229 Å². The Bertz CT molecular complexity index is 4110. The van der Waals surface area contributed by atoms with Crippen molar-refractivity contribution in [3.05, 3.63) is 247 Å². The predicted molar refractivity (Wildman–Crippen MR) is 295 cm³/mol. The normalized spacial score (nSPS) is 13.9. The third kappa shape index (κ3) is 6.06. The number of hydrogen-bond acceptors (Lipinski definition) is 2. The molecule has 0 unspecified atom stereocenters. The molecule has 0 atom stereocenters. The standard InChI is InChI=1S/C68H49NO/c1-67(2)61-38-45(42-14-6-5-7-15-42)24-31-54(61)56-33-29-49(40-63(56)67)69(48-27-22-43(23-28-48)59-37-47-16-8-9-17-51(47)52-18-10-11-19-53(52)59)50-30-34-57-55-32-25-46(39-62(55)68(3,4)64(57)41-50)44-26-35-66-60(36-44)58-20-12-13-21-65(58)70-66/h5-41H,1-4H3. The molecule has 0 bridgehead atoms. The Labute approximate surface area is 408 Å². The van der Waals surface area contributed by atoms with Gasteiger partial charge in [-0.25, -0.2) is 0 Å². The fourth-order valence-corrected chi connectivity index (χ4v) is 12.2. The lowest BCUT2D eigenvalue weighted by Crippen LogP contribution is -2.18. The maximum Gasteiger partial charge on any atom is 0.135 e. The van der Waals surface area contributed by atoms with E-state index >= 15 is 0 Å². The zero-order chi connectivity index (χ0) is 46.9. The number of hydrogen-bond donors (Lipinski definition) is 0. The van der Waals surface area contributed by atoms with Crippen molar-refractivity contribution >= 4 is 60.5 Å². The molecule has 2 aliphatic carbocycles. The average molecular weight is 896 g/mol. The van der Waals surface area contributed by atoms with Gasteiger partial charge in [-0.05, 0) is 172 Å². The highest BCUT2D eigenvalue weighted by Gasteiger charge is 2.38. The Morgan fingerprint density at radius 1 is 0.286 bits per heavy atom. The predicted octanol–water partition coefficient (Wildman–Crippen LogP) is 19.0. The molecular weight excluding hydrogens is 847 g/mol. The number of furan rings is 1. The molecule has 0 saturated carbocycles. The topological polar surface area (TPSA) is 16.4 Å². The van der Waals surface area contributed by atoms with E-state index in [2.05, 4.69) is 245 Å². The summed E-state index contributed by atoms with van der Waals surface area (Å²) in [6, 6.07) is 83.3. The molecule has 0 spiro atoms. The van der Waals surface area contributed by atoms with Crippen LogP contribution in [0.5, 0.6) is 0 Å². The van der Waals surface area contributed by atoms with E-state index in [-0.39, 0.29) is 10.8 Å². The van der Waals surface area contributed by atoms with E-state index in [1.165, 1.54) is 99.4 Å². The van der Waals surface area contributed by atoms with E-state index in [1.54, 1.807) is 0 Å². The van der Waals surface area contributed by atoms with Crippen LogP contribution in [0.25, 0.3) is 99.1 Å². The summed E-state index contributed by atoms with van der Waals surface area (Å²) in [5.41, 5.74) is 22.8. The van der Waals surface area contributed by atoms with Gasteiger partial charge in [0.15, 0.2) is 0 Å². The van der Waals surface area contributed by atoms with E-state index in [4.69, 9.17) is 4.42 Å². The van der Waals surface area contributed by atoms with Crippen molar-refractivity contribution in [1.29, 1.82) is 0 Å². The van der Waals surface area contributed by atoms with Gasteiger partial charge < -0.3 is 9.32 Å². The highest BCUT2D eigenvalue weighted by atomic mass is 16.3. The number of fused-ring (bicyclic) bond motifs is 12. The van der Waals surface area contributed by atoms with Gasteiger partial charge in [-0.2, -0.15) is 0 Å². The van der Waals surface area contributed by atoms with Crippen LogP contribution in [0.4, 0.5) is 17.1 Å². The second-order valence-corrected chi connectivity index (χ2v) is 20.5. The summed E-state index contributed by atoms with van der Waals surface area (Å²) in [6.45, 7) is 9.57. The van der Waals surface area contributed by atoms with Gasteiger partial charge in [-0.15, -0.1) is 0 Å². The van der Waals surface area contributed by atoms with Gasteiger partial charge in [0.05, 0.1) is 0 Å². The van der Waals surface area contributed by atoms with Crippen LogP contribution < -0.4 is 4.90 Å². The monoisotopic (exact) mass is 895 g/mol. The molecule has 0 fully saturated rings. The van der Waals surface area contributed by atoms with Gasteiger partial charge in [-0.1, -0.05) is 179 Å². The fourth-order valence-electron chi connectivity index (χ4n) is 12.2. The third-order valence-corrected chi connectivity index (χ3v) is 15.9. The summed E-state index contributed by atoms with van der Waals surface area (Å²) in [7, 11) is 0. The number of anilines is 3. The van der Waals surface area contributed by atoms with E-state index in [9.17, 15) is 0 Å². The highest BCUT2D eigenvalue weighted by Crippen LogP contribution is 2.54. The lowest BCUT2D eigenvalue weighted by molar-refractivity contribution is 0.660. The lowest BCUT2D eigenvalue weighted by atomic mass is 9.81. The maximum absolute atomic E-state index is 6.20. The van der Waals surface area contributed by atoms with Crippen LogP contribution >= 0.6 is 0 Å². The van der Waals surface area contributed by atoms with Crippen LogP contribution in [-0.2, 0) is 10.8 Å². The first kappa shape index (κ1) is 40.6. The van der Waals surface area contributed by atoms with Gasteiger partial charge in [0.25, 0.3) is 0 Å². The van der Waals surface area contributed by atoms with Gasteiger partial charge in [0, 0.05) is 38.7 Å². The Kier molecular flexibility index (Phi) is 8.71. The minimum Gasteiger partial charge on any atom is -0.456 e. The molecule has 0 amide bonds. The SMILES string of the molecule is CC1(C)c2cc(-c3ccccc3)ccc2-c2ccc(N(c3ccc(-c4cc5ccccc5c5ccccc45)cc3)c3ccc4c(c3)C(C)(C)c3cc(-c5ccc6oc7ccccc7c6c5)ccc3-4)cc21. The van der Waals surface area contributed by atoms with Gasteiger partial charge in [-0.3, -0.25) is 0 Å². The molecule has 1 aromatic heterocycles. The highest BCUT2D eigenvalue weighted by molar-refractivity contribution is 6.14. The minimum absolute atomic E-state index is 0.202. The molecule has 14 rings (SSSR count). The minimum atomic E-state index is -0.242. The van der Waals surface area contributed by atoms with E-state index in [0.717, 1.165) is 39.0 Å². The molecular formula is C68H49NO. The van der Waals surface area contributed by atoms with Crippen LogP contribution in [0, 0.1) is 0 Å². The van der Waals surface area contributed by atoms with Crippen molar-refractivity contribution in [3.63, 3.8) is 0 Å². The molecule has 2 heteroatoms. The fraction of sp³-hybridized carbons (Fsp3) is 0.0882. The summed E-state index contributed by atoms with van der Waals surface area (Å²) in [5.74, 6) is 0. The molecule has 2 aliphatic rings. The second-order valence-electron chi connectivity index (χ2n) is 20.5. The molecule has 0 radical (unpaired) electrons. The van der Waals surface area contributed by atoms with Crippen molar-refractivity contribution in [2.45, 2.75) is 38.5 Å². The van der Waals surface area contributed by atoms with Crippen LogP contribution in [0.1, 0.15) is 49.9 Å². The summed E-state index contributed by atoms with van der Waals surface area (Å²) in [5, 5.41) is 7.37. The van der Waals surface area contributed by atoms with Crippen molar-refractivity contribution in [2.75, 3.05) is 4.90 Å². The third-order valence-electron chi connectivity index (χ3n) is 15.9. The van der Waals surface area contributed by atoms with E-state index in [1.807, 2.05) is 12.1 Å². The number of nitrogens with zero attached hydrogens (tertiary/aromatic N) is 1. The molecule has 12 aromatic rings. The molecule has 2 nitrogen and oxygen atoms in total. The quantitative estimate of drug-likeness (QED) is 0.155. The molecule has 332 valence electrons. The molecule has 11 aromatic carbocycles. The Hall–Kier alpha value is -8.46. The van der Waals surface area contributed by atoms with Crippen molar-refractivity contribution < 1.29 is 4.42 Å². The zero-order valence-electron chi connectivity index (χ0n) is 39.7. The lowest BCUT2D eigenvalue weighted by Gasteiger charge is -2.30. The van der Waals surface area contributed by atoms with Gasteiger partial charge in [0.2, 0.25) is 0 Å². The number of rotatable bonds is 6. The molecule has 0 aliphatic heterocycles. The number of benzene rings is 11. The number of para-hydroxylation sites is 1. The zero-order valence-corrected chi connectivity index (χ0v) is 39.7. The summed E-state index contributed by atoms with van der Waals surface area (Å²) >= 11 is 0. The largest absolute Gasteiger partial charge is 0.456 e. The first-order chi connectivity index (χ1) is 34.2. The van der Waals surface area contributed by atoms with Gasteiger partial charge >= 0.3 is 0 Å². The van der Waals surface area contributed by atoms with Crippen LogP contribution in [0.3, 0.4) is 0 Å². The maximum atomic E-state index is 6.20. The average Bonchev–Trinajstić information content (AvgIpc) is 3.97. The first-order valence-electron chi connectivity index (χ1n) is 24.6. The summed E-state index contributed by atoms with van der Waals surface area (Å²) in [4.78, 5) is 2.48. The Balaban J connectivity index is 0.889. The first-order valence-corrected chi connectivity index (χ1v) is 24.6. The van der Waals surface area contributed by atoms with Crippen molar-refractivity contribution in [1.82, 2.24) is 0 Å². The van der Waals surface area contributed by atoms with E-state index < -0.39 is 0 Å². The summed E-state index contributed by atoms with van der Waals surface area (Å²) < 4.78 is 6.20. The molecule has 0 saturated heterocycles. The van der Waals surface area contributed by atoms with Crippen molar-refractivity contribution in [2.24, 2.45) is 0 Å². The van der Waals surface area contributed by atoms with Crippen molar-refractivity contribution in [3.8, 4) is 55.6 Å². The van der Waals surface area contributed by atoms with Crippen LogP contribution in [0.2, 0.25) is 0 Å². The molecule has 1 heterocycles. The van der Waals surface area contributed by atoms with E-state index in [0.29, 0.717) is 0 Å². The van der Waals surface area contributed by atoms with Gasteiger partial charge in [0.1, 0.15) is 11.2 Å². The Morgan fingerprint density at radius 2 is 0.743 bits per heavy atom. The second kappa shape index (κ2) is 15.0.